The number of benzene rings is 6. The normalized spacial score (nSPS) is 14.0. The number of fused-ring (bicyclic) bond motifs is 6. The highest BCUT2D eigenvalue weighted by Gasteiger charge is 2.21. The number of thiophene rings is 1. The summed E-state index contributed by atoms with van der Waals surface area (Å²) in [5.74, 6) is 2.04. The lowest BCUT2D eigenvalue weighted by Crippen LogP contribution is -2.01. The smallest absolute Gasteiger partial charge is 0.164 e. The predicted molar refractivity (Wildman–Crippen MR) is 245 cm³/mol. The maximum absolute atomic E-state index is 5.24. The van der Waals surface area contributed by atoms with Crippen LogP contribution in [0.15, 0.2) is 164 Å². The van der Waals surface area contributed by atoms with E-state index >= 15 is 0 Å². The molecule has 4 nitrogen and oxygen atoms in total. The second-order valence-electron chi connectivity index (χ2n) is 14.2. The van der Waals surface area contributed by atoms with Crippen molar-refractivity contribution >= 4 is 84.7 Å². The van der Waals surface area contributed by atoms with Crippen LogP contribution in [-0.2, 0) is 0 Å². The monoisotopic (exact) mass is 848 g/mol. The molecule has 11 rings (SSSR count). The molecule has 266 valence electrons. The van der Waals surface area contributed by atoms with Gasteiger partial charge in [-0.25, -0.2) is 15.0 Å². The topological polar surface area (TPSA) is 54.5 Å². The Bertz CT molecular complexity index is 3110. The zero-order valence-electron chi connectivity index (χ0n) is 30.2. The van der Waals surface area contributed by atoms with Crippen molar-refractivity contribution in [3.63, 3.8) is 0 Å². The summed E-state index contributed by atoms with van der Waals surface area (Å²) in [4.78, 5) is 20.4. The standard InChI is InChI=1S/C50H33IN4S/c1-3-10-31(11-4-1)32-18-20-33(21-19-32)34-22-24-35(25-23-34)41-28-29-45-47(51-41)46-40(15-9-17-44(46)56-45)50-54-48(36-12-5-2-6-13-36)53-49(55-50)37-26-27-39-38-14-7-8-16-42(38)52-43(39)30-37/h1-18,20,22-30,52H,19,21H2. The van der Waals surface area contributed by atoms with Crippen LogP contribution in [0.4, 0.5) is 0 Å². The average Bonchev–Trinajstić information content (AvgIpc) is 3.85. The maximum Gasteiger partial charge on any atom is 0.164 e. The van der Waals surface area contributed by atoms with E-state index in [2.05, 4.69) is 157 Å². The van der Waals surface area contributed by atoms with E-state index in [4.69, 9.17) is 15.0 Å². The van der Waals surface area contributed by atoms with Gasteiger partial charge in [0, 0.05) is 60.5 Å². The minimum Gasteiger partial charge on any atom is -0.354 e. The highest BCUT2D eigenvalue weighted by Crippen LogP contribution is 2.44. The quantitative estimate of drug-likeness (QED) is 0.170. The molecule has 3 aromatic heterocycles. The molecule has 1 aliphatic carbocycles. The van der Waals surface area contributed by atoms with Crippen molar-refractivity contribution in [3.8, 4) is 34.2 Å². The van der Waals surface area contributed by atoms with E-state index in [0.717, 1.165) is 40.6 Å². The predicted octanol–water partition coefficient (Wildman–Crippen LogP) is 13.4. The molecule has 0 atom stereocenters. The van der Waals surface area contributed by atoms with Gasteiger partial charge in [-0.3, -0.25) is 0 Å². The van der Waals surface area contributed by atoms with E-state index in [0.29, 0.717) is 17.5 Å². The third-order valence-electron chi connectivity index (χ3n) is 10.8. The Hall–Kier alpha value is -6.09. The summed E-state index contributed by atoms with van der Waals surface area (Å²) in [6, 6.07) is 51.7. The van der Waals surface area contributed by atoms with Crippen molar-refractivity contribution < 1.29 is 0 Å². The summed E-state index contributed by atoms with van der Waals surface area (Å²) < 4.78 is 4.13. The van der Waals surface area contributed by atoms with E-state index < -0.39 is 20.7 Å². The van der Waals surface area contributed by atoms with Crippen LogP contribution in [-0.4, -0.2) is 23.4 Å². The van der Waals surface area contributed by atoms with Crippen LogP contribution in [0.2, 0.25) is 0 Å². The van der Waals surface area contributed by atoms with E-state index in [1.165, 1.54) is 60.7 Å². The lowest BCUT2D eigenvalue weighted by atomic mass is 9.90. The fourth-order valence-corrected chi connectivity index (χ4v) is 12.6. The lowest BCUT2D eigenvalue weighted by molar-refractivity contribution is 1.07. The molecule has 6 heteroatoms. The molecule has 1 aliphatic heterocycles. The van der Waals surface area contributed by atoms with Gasteiger partial charge in [-0.1, -0.05) is 160 Å². The number of nitrogens with zero attached hydrogens (tertiary/aromatic N) is 3. The second-order valence-corrected chi connectivity index (χ2v) is 18.0. The van der Waals surface area contributed by atoms with Gasteiger partial charge in [-0.15, -0.1) is 11.3 Å². The van der Waals surface area contributed by atoms with E-state index in [1.807, 2.05) is 29.5 Å². The second kappa shape index (κ2) is 13.9. The molecule has 1 N–H and O–H groups in total. The lowest BCUT2D eigenvalue weighted by Gasteiger charge is -2.16. The van der Waals surface area contributed by atoms with E-state index in [-0.39, 0.29) is 0 Å². The highest BCUT2D eigenvalue weighted by molar-refractivity contribution is 14.2. The van der Waals surface area contributed by atoms with Crippen LogP contribution in [0.5, 0.6) is 0 Å². The van der Waals surface area contributed by atoms with Gasteiger partial charge in [0.1, 0.15) is 0 Å². The van der Waals surface area contributed by atoms with Gasteiger partial charge < -0.3 is 4.98 Å². The van der Waals surface area contributed by atoms with E-state index in [1.54, 1.807) is 0 Å². The minimum atomic E-state index is -0.475. The Labute approximate surface area is 338 Å². The Morgan fingerprint density at radius 3 is 1.89 bits per heavy atom. The summed E-state index contributed by atoms with van der Waals surface area (Å²) >= 11 is 1.39. The van der Waals surface area contributed by atoms with Crippen LogP contribution >= 0.6 is 32.1 Å². The minimum absolute atomic E-state index is 0.475. The average molecular weight is 849 g/mol. The van der Waals surface area contributed by atoms with E-state index in [9.17, 15) is 0 Å². The Kier molecular flexibility index (Phi) is 8.25. The zero-order valence-corrected chi connectivity index (χ0v) is 33.2. The molecule has 6 aromatic carbocycles. The molecular formula is C50H33IN4S. The van der Waals surface area contributed by atoms with Gasteiger partial charge in [-0.05, 0) is 71.0 Å². The number of rotatable bonds is 6. The Balaban J connectivity index is 0.983. The molecule has 0 radical (unpaired) electrons. The van der Waals surface area contributed by atoms with Crippen LogP contribution in [0, 0.1) is 3.57 Å². The first-order valence-corrected chi connectivity index (χ1v) is 21.8. The summed E-state index contributed by atoms with van der Waals surface area (Å²) in [5.41, 5.74) is 11.9. The first-order valence-electron chi connectivity index (χ1n) is 18.9. The van der Waals surface area contributed by atoms with Crippen LogP contribution in [0.3, 0.4) is 0 Å². The number of nitrogens with one attached hydrogen (secondary N) is 1. The largest absolute Gasteiger partial charge is 0.354 e. The fourth-order valence-electron chi connectivity index (χ4n) is 7.90. The number of allylic oxidation sites excluding steroid dienone is 5. The highest BCUT2D eigenvalue weighted by atomic mass is 127. The van der Waals surface area contributed by atoms with Crippen LogP contribution in [0.1, 0.15) is 34.4 Å². The first kappa shape index (κ1) is 33.3. The molecule has 0 bridgehead atoms. The number of halogens is 1. The third kappa shape index (κ3) is 5.97. The molecular weight excluding hydrogens is 816 g/mol. The molecule has 2 aliphatic rings. The number of hydrogen-bond acceptors (Lipinski definition) is 4. The molecule has 56 heavy (non-hydrogen) atoms. The summed E-state index contributed by atoms with van der Waals surface area (Å²) in [5, 5.41) is 3.68. The molecule has 0 fully saturated rings. The summed E-state index contributed by atoms with van der Waals surface area (Å²) in [7, 11) is 0. The maximum atomic E-state index is 5.24. The van der Waals surface area contributed by atoms with Crippen LogP contribution in [0.25, 0.3) is 83.3 Å². The summed E-state index contributed by atoms with van der Waals surface area (Å²) in [6.45, 7) is 0. The molecule has 4 heterocycles. The van der Waals surface area contributed by atoms with Crippen molar-refractivity contribution in [1.82, 2.24) is 19.9 Å². The summed E-state index contributed by atoms with van der Waals surface area (Å²) in [6.07, 6.45) is 11.4. The number of para-hydroxylation sites is 1. The third-order valence-corrected chi connectivity index (χ3v) is 15.5. The van der Waals surface area contributed by atoms with Gasteiger partial charge in [0.15, 0.2) is 17.5 Å². The van der Waals surface area contributed by atoms with Gasteiger partial charge in [0.2, 0.25) is 0 Å². The molecule has 9 aromatic rings. The van der Waals surface area contributed by atoms with Crippen molar-refractivity contribution in [2.75, 3.05) is 0 Å². The van der Waals surface area contributed by atoms with Crippen molar-refractivity contribution in [2.45, 2.75) is 12.8 Å². The number of aromatic amines is 1. The van der Waals surface area contributed by atoms with Crippen LogP contribution < -0.4 is 0 Å². The van der Waals surface area contributed by atoms with Crippen molar-refractivity contribution in [1.29, 1.82) is 0 Å². The van der Waals surface area contributed by atoms with Gasteiger partial charge in [-0.2, -0.15) is 0 Å². The molecule has 0 spiro atoms. The van der Waals surface area contributed by atoms with Gasteiger partial charge >= 0.3 is 0 Å². The first-order chi connectivity index (χ1) is 27.7. The van der Waals surface area contributed by atoms with Crippen molar-refractivity contribution in [2.24, 2.45) is 0 Å². The van der Waals surface area contributed by atoms with Gasteiger partial charge in [0.05, 0.1) is 0 Å². The number of hydrogen-bond donors (Lipinski definition) is 1. The molecule has 0 saturated heterocycles. The number of H-pyrrole nitrogens is 1. The fraction of sp³-hybridized carbons (Fsp3) is 0.0400. The molecule has 0 unspecified atom stereocenters. The Morgan fingerprint density at radius 1 is 0.500 bits per heavy atom. The molecule has 0 saturated carbocycles. The SMILES string of the molecule is C1=Cc2sc3cccc(-c4nc(-c5ccccc5)nc(-c5ccc6c(c5)[nH]c5ccccc56)n4)c3c2I=C1c1ccc(C2=CC=C(c3ccccc3)CC2)cc1. The molecule has 0 amide bonds. The Morgan fingerprint density at radius 2 is 1.12 bits per heavy atom. The van der Waals surface area contributed by atoms with Gasteiger partial charge in [0.25, 0.3) is 0 Å². The number of aromatic nitrogens is 4. The zero-order chi connectivity index (χ0) is 37.0. The van der Waals surface area contributed by atoms with Crippen molar-refractivity contribution in [3.05, 3.63) is 189 Å².